The third-order valence-corrected chi connectivity index (χ3v) is 3.95. The van der Waals surface area contributed by atoms with E-state index in [0.29, 0.717) is 17.3 Å². The Kier molecular flexibility index (Phi) is 3.63. The largest absolute Gasteiger partial charge is 0.298 e. The fourth-order valence-corrected chi connectivity index (χ4v) is 2.86. The van der Waals surface area contributed by atoms with Crippen LogP contribution in [0, 0.1) is 5.82 Å². The molecule has 0 amide bonds. The van der Waals surface area contributed by atoms with Gasteiger partial charge in [-0.2, -0.15) is 5.10 Å². The molecule has 1 saturated carbocycles. The molecule has 104 valence electrons. The molecule has 3 nitrogen and oxygen atoms in total. The first-order valence-electron chi connectivity index (χ1n) is 7.08. The number of hydrogen-bond donors (Lipinski definition) is 0. The molecule has 4 heteroatoms. The molecule has 20 heavy (non-hydrogen) atoms. The minimum atomic E-state index is -0.284. The number of carbonyl (C=O) groups is 1. The molecule has 3 rings (SSSR count). The van der Waals surface area contributed by atoms with Crippen molar-refractivity contribution in [2.45, 2.75) is 38.1 Å². The summed E-state index contributed by atoms with van der Waals surface area (Å²) in [6, 6.07) is 6.50. The standard InChI is InChI=1S/C16H17FN2O/c17-14-8-6-12(7-9-14)16-13(11-20)10-19(18-16)15-4-2-1-3-5-15/h6-11,15H,1-5H2. The summed E-state index contributed by atoms with van der Waals surface area (Å²) in [5, 5.41) is 4.57. The van der Waals surface area contributed by atoms with E-state index >= 15 is 0 Å². The van der Waals surface area contributed by atoms with Gasteiger partial charge in [-0.15, -0.1) is 0 Å². The molecule has 1 heterocycles. The number of aromatic nitrogens is 2. The zero-order chi connectivity index (χ0) is 13.9. The van der Waals surface area contributed by atoms with E-state index in [4.69, 9.17) is 0 Å². The van der Waals surface area contributed by atoms with E-state index in [2.05, 4.69) is 5.10 Å². The van der Waals surface area contributed by atoms with Crippen LogP contribution in [0.15, 0.2) is 30.5 Å². The van der Waals surface area contributed by atoms with Gasteiger partial charge in [0.15, 0.2) is 6.29 Å². The first kappa shape index (κ1) is 13.0. The highest BCUT2D eigenvalue weighted by atomic mass is 19.1. The SMILES string of the molecule is O=Cc1cn(C2CCCCC2)nc1-c1ccc(F)cc1. The summed E-state index contributed by atoms with van der Waals surface area (Å²) >= 11 is 0. The van der Waals surface area contributed by atoms with Gasteiger partial charge in [0.25, 0.3) is 0 Å². The highest BCUT2D eigenvalue weighted by Gasteiger charge is 2.19. The molecular formula is C16H17FN2O. The van der Waals surface area contributed by atoms with Crippen LogP contribution in [0.25, 0.3) is 11.3 Å². The van der Waals surface area contributed by atoms with Crippen molar-refractivity contribution >= 4 is 6.29 Å². The number of aldehydes is 1. The van der Waals surface area contributed by atoms with Gasteiger partial charge >= 0.3 is 0 Å². The minimum absolute atomic E-state index is 0.284. The van der Waals surface area contributed by atoms with Gasteiger partial charge in [0.2, 0.25) is 0 Å². The molecule has 0 radical (unpaired) electrons. The maximum atomic E-state index is 13.0. The predicted molar refractivity (Wildman–Crippen MR) is 75.1 cm³/mol. The van der Waals surface area contributed by atoms with E-state index in [1.807, 2.05) is 10.9 Å². The van der Waals surface area contributed by atoms with Crippen molar-refractivity contribution in [1.82, 2.24) is 9.78 Å². The highest BCUT2D eigenvalue weighted by molar-refractivity contribution is 5.85. The van der Waals surface area contributed by atoms with Crippen LogP contribution in [-0.2, 0) is 0 Å². The first-order chi connectivity index (χ1) is 9.78. The highest BCUT2D eigenvalue weighted by Crippen LogP contribution is 2.30. The molecule has 0 spiro atoms. The van der Waals surface area contributed by atoms with Gasteiger partial charge in [0, 0.05) is 11.8 Å². The Morgan fingerprint density at radius 1 is 1.15 bits per heavy atom. The van der Waals surface area contributed by atoms with Crippen molar-refractivity contribution in [2.24, 2.45) is 0 Å². The normalized spacial score (nSPS) is 16.2. The smallest absolute Gasteiger partial charge is 0.153 e. The molecule has 2 aromatic rings. The topological polar surface area (TPSA) is 34.9 Å². The Morgan fingerprint density at radius 2 is 1.85 bits per heavy atom. The van der Waals surface area contributed by atoms with Gasteiger partial charge in [0.1, 0.15) is 11.5 Å². The lowest BCUT2D eigenvalue weighted by Gasteiger charge is -2.21. The maximum absolute atomic E-state index is 13.0. The molecule has 1 aromatic heterocycles. The van der Waals surface area contributed by atoms with Crippen LogP contribution in [0.2, 0.25) is 0 Å². The van der Waals surface area contributed by atoms with Crippen LogP contribution >= 0.6 is 0 Å². The second-order valence-corrected chi connectivity index (χ2v) is 5.33. The Morgan fingerprint density at radius 3 is 2.50 bits per heavy atom. The molecule has 0 unspecified atom stereocenters. The number of benzene rings is 1. The van der Waals surface area contributed by atoms with Crippen molar-refractivity contribution in [3.63, 3.8) is 0 Å². The number of nitrogens with zero attached hydrogens (tertiary/aromatic N) is 2. The Hall–Kier alpha value is -1.97. The molecule has 0 saturated heterocycles. The van der Waals surface area contributed by atoms with Crippen molar-refractivity contribution in [2.75, 3.05) is 0 Å². The molecule has 0 atom stereocenters. The maximum Gasteiger partial charge on any atom is 0.153 e. The van der Waals surface area contributed by atoms with Crippen LogP contribution in [0.5, 0.6) is 0 Å². The quantitative estimate of drug-likeness (QED) is 0.791. The average Bonchev–Trinajstić information content (AvgIpc) is 2.93. The number of hydrogen-bond acceptors (Lipinski definition) is 2. The molecule has 1 fully saturated rings. The number of halogens is 1. The van der Waals surface area contributed by atoms with Gasteiger partial charge < -0.3 is 0 Å². The monoisotopic (exact) mass is 272 g/mol. The fraction of sp³-hybridized carbons (Fsp3) is 0.375. The summed E-state index contributed by atoms with van der Waals surface area (Å²) < 4.78 is 14.9. The summed E-state index contributed by atoms with van der Waals surface area (Å²) in [5.41, 5.74) is 2.00. The van der Waals surface area contributed by atoms with E-state index in [-0.39, 0.29) is 5.82 Å². The lowest BCUT2D eigenvalue weighted by molar-refractivity contribution is 0.112. The second kappa shape index (κ2) is 5.57. The molecule has 0 N–H and O–H groups in total. The van der Waals surface area contributed by atoms with Crippen LogP contribution in [-0.4, -0.2) is 16.1 Å². The predicted octanol–water partition coefficient (Wildman–Crippen LogP) is 4.01. The Balaban J connectivity index is 1.95. The summed E-state index contributed by atoms with van der Waals surface area (Å²) in [4.78, 5) is 11.2. The molecule has 0 aliphatic heterocycles. The second-order valence-electron chi connectivity index (χ2n) is 5.33. The first-order valence-corrected chi connectivity index (χ1v) is 7.08. The lowest BCUT2D eigenvalue weighted by atomic mass is 9.96. The average molecular weight is 272 g/mol. The summed E-state index contributed by atoms with van der Waals surface area (Å²) in [6.45, 7) is 0. The van der Waals surface area contributed by atoms with Gasteiger partial charge in [-0.1, -0.05) is 19.3 Å². The zero-order valence-corrected chi connectivity index (χ0v) is 11.3. The third kappa shape index (κ3) is 2.50. The van der Waals surface area contributed by atoms with Crippen molar-refractivity contribution in [1.29, 1.82) is 0 Å². The third-order valence-electron chi connectivity index (χ3n) is 3.95. The Labute approximate surface area is 117 Å². The van der Waals surface area contributed by atoms with Gasteiger partial charge in [-0.05, 0) is 37.1 Å². The van der Waals surface area contributed by atoms with Crippen LogP contribution in [0.4, 0.5) is 4.39 Å². The Bertz CT molecular complexity index is 597. The zero-order valence-electron chi connectivity index (χ0n) is 11.3. The van der Waals surface area contributed by atoms with Crippen LogP contribution in [0.3, 0.4) is 0 Å². The fourth-order valence-electron chi connectivity index (χ4n) is 2.86. The molecular weight excluding hydrogens is 255 g/mol. The molecule has 1 aromatic carbocycles. The van der Waals surface area contributed by atoms with Crippen LogP contribution < -0.4 is 0 Å². The van der Waals surface area contributed by atoms with E-state index < -0.39 is 0 Å². The van der Waals surface area contributed by atoms with Gasteiger partial charge in [-0.25, -0.2) is 4.39 Å². The van der Waals surface area contributed by atoms with Crippen LogP contribution in [0.1, 0.15) is 48.5 Å². The minimum Gasteiger partial charge on any atom is -0.298 e. The summed E-state index contributed by atoms with van der Waals surface area (Å²) in [6.07, 6.45) is 8.58. The van der Waals surface area contributed by atoms with Gasteiger partial charge in [0.05, 0.1) is 11.6 Å². The van der Waals surface area contributed by atoms with Crippen molar-refractivity contribution in [3.05, 3.63) is 41.8 Å². The lowest BCUT2D eigenvalue weighted by Crippen LogP contribution is -2.13. The van der Waals surface area contributed by atoms with E-state index in [0.717, 1.165) is 24.7 Å². The molecule has 0 bridgehead atoms. The summed E-state index contributed by atoms with van der Waals surface area (Å²) in [7, 11) is 0. The van der Waals surface area contributed by atoms with Crippen molar-refractivity contribution in [3.8, 4) is 11.3 Å². The number of carbonyl (C=O) groups excluding carboxylic acids is 1. The van der Waals surface area contributed by atoms with E-state index in [9.17, 15) is 9.18 Å². The number of rotatable bonds is 3. The van der Waals surface area contributed by atoms with Gasteiger partial charge in [-0.3, -0.25) is 9.48 Å². The van der Waals surface area contributed by atoms with E-state index in [1.165, 1.54) is 31.4 Å². The van der Waals surface area contributed by atoms with Crippen molar-refractivity contribution < 1.29 is 9.18 Å². The van der Waals surface area contributed by atoms with E-state index in [1.54, 1.807) is 12.1 Å². The summed E-state index contributed by atoms with van der Waals surface area (Å²) in [5.74, 6) is -0.284. The molecule has 1 aliphatic carbocycles. The molecule has 1 aliphatic rings.